The average molecular weight is 263 g/mol. The summed E-state index contributed by atoms with van der Waals surface area (Å²) in [6, 6.07) is 7.69. The predicted molar refractivity (Wildman–Crippen MR) is 68.2 cm³/mol. The molecule has 1 amide bonds. The Kier molecular flexibility index (Phi) is 4.16. The highest BCUT2D eigenvalue weighted by molar-refractivity contribution is 5.89. The molecule has 0 aromatic heterocycles. The first-order valence-electron chi connectivity index (χ1n) is 6.19. The van der Waals surface area contributed by atoms with Crippen LogP contribution in [0.15, 0.2) is 24.3 Å². The van der Waals surface area contributed by atoms with Gasteiger partial charge in [-0.3, -0.25) is 9.59 Å². The van der Waals surface area contributed by atoms with Crippen LogP contribution in [-0.2, 0) is 27.5 Å². The van der Waals surface area contributed by atoms with Crippen LogP contribution in [-0.4, -0.2) is 24.1 Å². The van der Waals surface area contributed by atoms with Gasteiger partial charge in [-0.05, 0) is 17.5 Å². The lowest BCUT2D eigenvalue weighted by Crippen LogP contribution is -2.26. The summed E-state index contributed by atoms with van der Waals surface area (Å²) in [6.45, 7) is 0.897. The summed E-state index contributed by atoms with van der Waals surface area (Å²) in [4.78, 5) is 22.5. The molecule has 0 radical (unpaired) electrons. The van der Waals surface area contributed by atoms with Gasteiger partial charge in [-0.2, -0.15) is 0 Å². The van der Waals surface area contributed by atoms with Crippen molar-refractivity contribution in [3.05, 3.63) is 35.4 Å². The summed E-state index contributed by atoms with van der Waals surface area (Å²) in [5.74, 6) is -1.94. The molecule has 0 bridgehead atoms. The van der Waals surface area contributed by atoms with Crippen molar-refractivity contribution in [1.82, 2.24) is 5.32 Å². The van der Waals surface area contributed by atoms with Gasteiger partial charge < -0.3 is 15.2 Å². The van der Waals surface area contributed by atoms with Crippen LogP contribution >= 0.6 is 0 Å². The number of carbonyl (C=O) groups excluding carboxylic acids is 1. The number of carboxylic acid groups (broad SMARTS) is 1. The molecular formula is C14H17NO4. The third-order valence-corrected chi connectivity index (χ3v) is 3.32. The molecule has 19 heavy (non-hydrogen) atoms. The molecule has 1 aromatic carbocycles. The number of benzene rings is 1. The average Bonchev–Trinajstić information content (AvgIpc) is 3.18. The van der Waals surface area contributed by atoms with Crippen LogP contribution in [0.25, 0.3) is 0 Å². The Morgan fingerprint density at radius 2 is 2.00 bits per heavy atom. The van der Waals surface area contributed by atoms with Crippen LogP contribution < -0.4 is 5.32 Å². The van der Waals surface area contributed by atoms with Crippen LogP contribution in [0.3, 0.4) is 0 Å². The molecule has 5 nitrogen and oxygen atoms in total. The van der Waals surface area contributed by atoms with Crippen LogP contribution in [0.4, 0.5) is 0 Å². The summed E-state index contributed by atoms with van der Waals surface area (Å²) in [5.41, 5.74) is 2.01. The maximum absolute atomic E-state index is 11.8. The molecular weight excluding hydrogens is 246 g/mol. The van der Waals surface area contributed by atoms with E-state index in [1.807, 2.05) is 24.3 Å². The molecule has 2 N–H and O–H groups in total. The van der Waals surface area contributed by atoms with Gasteiger partial charge in [-0.1, -0.05) is 24.3 Å². The second kappa shape index (κ2) is 5.84. The van der Waals surface area contributed by atoms with Crippen LogP contribution in [0.1, 0.15) is 17.5 Å². The molecule has 1 aliphatic rings. The number of methoxy groups -OCH3 is 1. The minimum absolute atomic E-state index is 0.181. The first-order valence-corrected chi connectivity index (χ1v) is 6.19. The van der Waals surface area contributed by atoms with Crippen LogP contribution in [0.5, 0.6) is 0 Å². The molecule has 102 valence electrons. The zero-order valence-electron chi connectivity index (χ0n) is 10.8. The fourth-order valence-corrected chi connectivity index (χ4v) is 2.10. The number of rotatable bonds is 6. The Hall–Kier alpha value is -1.88. The van der Waals surface area contributed by atoms with Crippen molar-refractivity contribution in [3.63, 3.8) is 0 Å². The smallest absolute Gasteiger partial charge is 0.307 e. The van der Waals surface area contributed by atoms with Crippen LogP contribution in [0.2, 0.25) is 0 Å². The van der Waals surface area contributed by atoms with Gasteiger partial charge in [-0.25, -0.2) is 0 Å². The zero-order chi connectivity index (χ0) is 13.8. The van der Waals surface area contributed by atoms with Gasteiger partial charge in [0, 0.05) is 13.7 Å². The highest BCUT2D eigenvalue weighted by atomic mass is 16.5. The van der Waals surface area contributed by atoms with Crippen molar-refractivity contribution in [3.8, 4) is 0 Å². The third-order valence-electron chi connectivity index (χ3n) is 3.32. The van der Waals surface area contributed by atoms with E-state index in [-0.39, 0.29) is 11.8 Å². The second-order valence-corrected chi connectivity index (χ2v) is 4.71. The second-order valence-electron chi connectivity index (χ2n) is 4.71. The number of nitrogens with one attached hydrogen (secondary N) is 1. The Labute approximate surface area is 111 Å². The van der Waals surface area contributed by atoms with Gasteiger partial charge in [0.1, 0.15) is 0 Å². The van der Waals surface area contributed by atoms with Crippen molar-refractivity contribution < 1.29 is 19.4 Å². The molecule has 0 spiro atoms. The van der Waals surface area contributed by atoms with E-state index >= 15 is 0 Å². The Morgan fingerprint density at radius 1 is 1.32 bits per heavy atom. The van der Waals surface area contributed by atoms with Gasteiger partial charge in [0.15, 0.2) is 0 Å². The van der Waals surface area contributed by atoms with E-state index in [4.69, 9.17) is 9.84 Å². The molecule has 2 atom stereocenters. The first-order chi connectivity index (χ1) is 9.13. The minimum Gasteiger partial charge on any atom is -0.481 e. The summed E-state index contributed by atoms with van der Waals surface area (Å²) in [6.07, 6.45) is 0.445. The molecule has 1 aliphatic carbocycles. The molecule has 0 unspecified atom stereocenters. The minimum atomic E-state index is -0.889. The SMILES string of the molecule is COCc1ccccc1CNC(=O)[C@@H]1C[C@@H]1C(=O)O. The number of hydrogen-bond donors (Lipinski definition) is 2. The number of hydrogen-bond acceptors (Lipinski definition) is 3. The number of carboxylic acids is 1. The summed E-state index contributed by atoms with van der Waals surface area (Å²) in [5, 5.41) is 11.6. The highest BCUT2D eigenvalue weighted by Gasteiger charge is 2.48. The fraction of sp³-hybridized carbons (Fsp3) is 0.429. The fourth-order valence-electron chi connectivity index (χ4n) is 2.10. The van der Waals surface area contributed by atoms with E-state index in [2.05, 4.69) is 5.32 Å². The van der Waals surface area contributed by atoms with E-state index in [1.54, 1.807) is 7.11 Å². The Bertz CT molecular complexity index is 486. The van der Waals surface area contributed by atoms with Crippen molar-refractivity contribution in [2.45, 2.75) is 19.6 Å². The topological polar surface area (TPSA) is 75.6 Å². The molecule has 0 heterocycles. The number of aliphatic carboxylic acids is 1. The monoisotopic (exact) mass is 263 g/mol. The van der Waals surface area contributed by atoms with E-state index in [0.717, 1.165) is 11.1 Å². The summed E-state index contributed by atoms with van der Waals surface area (Å²) in [7, 11) is 1.62. The van der Waals surface area contributed by atoms with Crippen molar-refractivity contribution >= 4 is 11.9 Å². The molecule has 1 fully saturated rings. The normalized spacial score (nSPS) is 20.9. The molecule has 1 saturated carbocycles. The Balaban J connectivity index is 1.89. The van der Waals surface area contributed by atoms with Gasteiger partial charge in [-0.15, -0.1) is 0 Å². The van der Waals surface area contributed by atoms with Crippen molar-refractivity contribution in [1.29, 1.82) is 0 Å². The molecule has 0 aliphatic heterocycles. The zero-order valence-corrected chi connectivity index (χ0v) is 10.8. The van der Waals surface area contributed by atoms with Gasteiger partial charge in [0.25, 0.3) is 0 Å². The largest absolute Gasteiger partial charge is 0.481 e. The van der Waals surface area contributed by atoms with E-state index < -0.39 is 11.9 Å². The molecule has 1 aromatic rings. The van der Waals surface area contributed by atoms with E-state index in [0.29, 0.717) is 19.6 Å². The lowest BCUT2D eigenvalue weighted by molar-refractivity contribution is -0.140. The lowest BCUT2D eigenvalue weighted by Gasteiger charge is -2.09. The van der Waals surface area contributed by atoms with E-state index in [1.165, 1.54) is 0 Å². The predicted octanol–water partition coefficient (Wildman–Crippen LogP) is 1.17. The van der Waals surface area contributed by atoms with E-state index in [9.17, 15) is 9.59 Å². The highest BCUT2D eigenvalue weighted by Crippen LogP contribution is 2.38. The van der Waals surface area contributed by atoms with Crippen LogP contribution in [0, 0.1) is 11.8 Å². The maximum Gasteiger partial charge on any atom is 0.307 e. The molecule has 2 rings (SSSR count). The van der Waals surface area contributed by atoms with Gasteiger partial charge in [0.2, 0.25) is 5.91 Å². The molecule has 5 heteroatoms. The number of amides is 1. The maximum atomic E-state index is 11.8. The van der Waals surface area contributed by atoms with Crippen molar-refractivity contribution in [2.24, 2.45) is 11.8 Å². The Morgan fingerprint density at radius 3 is 2.58 bits per heavy atom. The number of ether oxygens (including phenoxy) is 1. The standard InChI is InChI=1S/C14H17NO4/c1-19-8-10-5-3-2-4-9(10)7-15-13(16)11-6-12(11)14(17)18/h2-5,11-12H,6-8H2,1H3,(H,15,16)(H,17,18)/t11-,12+/m1/s1. The molecule has 0 saturated heterocycles. The first kappa shape index (κ1) is 13.5. The quantitative estimate of drug-likeness (QED) is 0.807. The summed E-state index contributed by atoms with van der Waals surface area (Å²) < 4.78 is 5.09. The summed E-state index contributed by atoms with van der Waals surface area (Å²) >= 11 is 0. The van der Waals surface area contributed by atoms with Gasteiger partial charge in [0.05, 0.1) is 18.4 Å². The third kappa shape index (κ3) is 3.32. The van der Waals surface area contributed by atoms with Crippen molar-refractivity contribution in [2.75, 3.05) is 7.11 Å². The number of carbonyl (C=O) groups is 2. The van der Waals surface area contributed by atoms with Gasteiger partial charge >= 0.3 is 5.97 Å². The lowest BCUT2D eigenvalue weighted by atomic mass is 10.1.